The van der Waals surface area contributed by atoms with Crippen molar-refractivity contribution in [3.63, 3.8) is 0 Å². The Morgan fingerprint density at radius 2 is 2.00 bits per heavy atom. The third kappa shape index (κ3) is 3.31. The molecular formula is C12H7Br2ClN2O. The van der Waals surface area contributed by atoms with Gasteiger partial charge in [0.2, 0.25) is 0 Å². The number of pyridine rings is 1. The molecule has 1 amide bonds. The summed E-state index contributed by atoms with van der Waals surface area (Å²) in [6.45, 7) is 0. The topological polar surface area (TPSA) is 42.0 Å². The fraction of sp³-hybridized carbons (Fsp3) is 0. The minimum Gasteiger partial charge on any atom is -0.322 e. The lowest BCUT2D eigenvalue weighted by atomic mass is 10.2. The highest BCUT2D eigenvalue weighted by Gasteiger charge is 2.07. The summed E-state index contributed by atoms with van der Waals surface area (Å²) in [4.78, 5) is 15.9. The lowest BCUT2D eigenvalue weighted by molar-refractivity contribution is 0.102. The highest BCUT2D eigenvalue weighted by Crippen LogP contribution is 2.25. The number of carbonyl (C=O) groups is 1. The van der Waals surface area contributed by atoms with Crippen LogP contribution in [0.4, 0.5) is 5.69 Å². The molecule has 6 heteroatoms. The Bertz CT molecular complexity index is 604. The minimum atomic E-state index is -0.202. The standard InChI is InChI=1S/C12H7Br2ClN2O/c13-9-6-8(1-2-10(9)15)17-12(18)7-3-4-16-11(14)5-7/h1-6H,(H,17,18). The fourth-order valence-electron chi connectivity index (χ4n) is 1.32. The first-order chi connectivity index (χ1) is 8.56. The van der Waals surface area contributed by atoms with E-state index in [1.165, 1.54) is 0 Å². The molecule has 1 heterocycles. The van der Waals surface area contributed by atoms with Crippen molar-refractivity contribution in [3.8, 4) is 0 Å². The van der Waals surface area contributed by atoms with Gasteiger partial charge in [-0.15, -0.1) is 0 Å². The number of nitrogens with zero attached hydrogens (tertiary/aromatic N) is 1. The van der Waals surface area contributed by atoms with Crippen LogP contribution in [0.1, 0.15) is 10.4 Å². The molecule has 1 aromatic heterocycles. The quantitative estimate of drug-likeness (QED) is 0.767. The summed E-state index contributed by atoms with van der Waals surface area (Å²) in [7, 11) is 0. The molecule has 0 aliphatic carbocycles. The van der Waals surface area contributed by atoms with E-state index < -0.39 is 0 Å². The van der Waals surface area contributed by atoms with Crippen molar-refractivity contribution in [2.24, 2.45) is 0 Å². The Morgan fingerprint density at radius 3 is 2.67 bits per heavy atom. The number of carbonyl (C=O) groups excluding carboxylic acids is 1. The molecule has 3 nitrogen and oxygen atoms in total. The van der Waals surface area contributed by atoms with Crippen LogP contribution < -0.4 is 5.32 Å². The minimum absolute atomic E-state index is 0.202. The molecule has 0 spiro atoms. The zero-order valence-corrected chi connectivity index (χ0v) is 12.9. The highest BCUT2D eigenvalue weighted by molar-refractivity contribution is 9.10. The molecular weight excluding hydrogens is 383 g/mol. The number of aromatic nitrogens is 1. The molecule has 2 aromatic rings. The van der Waals surface area contributed by atoms with E-state index >= 15 is 0 Å². The second kappa shape index (κ2) is 5.82. The van der Waals surface area contributed by atoms with Crippen molar-refractivity contribution in [3.05, 3.63) is 56.2 Å². The summed E-state index contributed by atoms with van der Waals surface area (Å²) in [6, 6.07) is 8.49. The van der Waals surface area contributed by atoms with E-state index in [4.69, 9.17) is 11.6 Å². The van der Waals surface area contributed by atoms with Crippen LogP contribution in [0.25, 0.3) is 0 Å². The van der Waals surface area contributed by atoms with E-state index in [1.54, 1.807) is 36.5 Å². The van der Waals surface area contributed by atoms with Crippen molar-refractivity contribution >= 4 is 55.1 Å². The largest absolute Gasteiger partial charge is 0.322 e. The van der Waals surface area contributed by atoms with Crippen LogP contribution in [0.2, 0.25) is 5.02 Å². The molecule has 18 heavy (non-hydrogen) atoms. The lowest BCUT2D eigenvalue weighted by Gasteiger charge is -2.06. The average molecular weight is 390 g/mol. The maximum atomic E-state index is 12.0. The zero-order valence-electron chi connectivity index (χ0n) is 8.95. The maximum absolute atomic E-state index is 12.0. The van der Waals surface area contributed by atoms with Crippen molar-refractivity contribution in [2.45, 2.75) is 0 Å². The van der Waals surface area contributed by atoms with Gasteiger partial charge in [-0.1, -0.05) is 11.6 Å². The van der Waals surface area contributed by atoms with Gasteiger partial charge in [-0.25, -0.2) is 4.98 Å². The van der Waals surface area contributed by atoms with Crippen LogP contribution in [0.5, 0.6) is 0 Å². The van der Waals surface area contributed by atoms with E-state index in [9.17, 15) is 4.79 Å². The molecule has 0 saturated carbocycles. The van der Waals surface area contributed by atoms with Crippen LogP contribution in [-0.2, 0) is 0 Å². The van der Waals surface area contributed by atoms with Gasteiger partial charge in [0.05, 0.1) is 5.02 Å². The molecule has 0 fully saturated rings. The lowest BCUT2D eigenvalue weighted by Crippen LogP contribution is -2.11. The summed E-state index contributed by atoms with van der Waals surface area (Å²) in [5.74, 6) is -0.202. The molecule has 1 N–H and O–H groups in total. The Morgan fingerprint density at radius 1 is 1.22 bits per heavy atom. The molecule has 0 aliphatic rings. The first-order valence-corrected chi connectivity index (χ1v) is 6.90. The van der Waals surface area contributed by atoms with Gasteiger partial charge in [-0.05, 0) is 62.2 Å². The second-order valence-corrected chi connectivity index (χ2v) is 5.52. The number of amides is 1. The monoisotopic (exact) mass is 388 g/mol. The van der Waals surface area contributed by atoms with E-state index in [2.05, 4.69) is 42.2 Å². The highest BCUT2D eigenvalue weighted by atomic mass is 79.9. The second-order valence-electron chi connectivity index (χ2n) is 3.45. The van der Waals surface area contributed by atoms with Crippen molar-refractivity contribution in [2.75, 3.05) is 5.32 Å². The Labute approximate surface area is 126 Å². The molecule has 2 rings (SSSR count). The van der Waals surface area contributed by atoms with Crippen LogP contribution in [-0.4, -0.2) is 10.9 Å². The van der Waals surface area contributed by atoms with Gasteiger partial charge < -0.3 is 5.32 Å². The molecule has 0 radical (unpaired) electrons. The SMILES string of the molecule is O=C(Nc1ccc(Cl)c(Br)c1)c1ccnc(Br)c1. The maximum Gasteiger partial charge on any atom is 0.255 e. The first-order valence-electron chi connectivity index (χ1n) is 4.94. The van der Waals surface area contributed by atoms with Gasteiger partial charge >= 0.3 is 0 Å². The average Bonchev–Trinajstić information content (AvgIpc) is 2.34. The first kappa shape index (κ1) is 13.5. The summed E-state index contributed by atoms with van der Waals surface area (Å²) >= 11 is 12.4. The van der Waals surface area contributed by atoms with Crippen molar-refractivity contribution in [1.29, 1.82) is 0 Å². The van der Waals surface area contributed by atoms with Gasteiger partial charge in [0, 0.05) is 21.9 Å². The van der Waals surface area contributed by atoms with E-state index in [-0.39, 0.29) is 5.91 Å². The van der Waals surface area contributed by atoms with Gasteiger partial charge in [0.25, 0.3) is 5.91 Å². The number of benzene rings is 1. The molecule has 92 valence electrons. The van der Waals surface area contributed by atoms with Crippen LogP contribution in [0, 0.1) is 0 Å². The number of halogens is 3. The van der Waals surface area contributed by atoms with E-state index in [1.807, 2.05) is 0 Å². The summed E-state index contributed by atoms with van der Waals surface area (Å²) in [6.07, 6.45) is 1.57. The number of nitrogens with one attached hydrogen (secondary N) is 1. The van der Waals surface area contributed by atoms with Crippen molar-refractivity contribution in [1.82, 2.24) is 4.98 Å². The van der Waals surface area contributed by atoms with Gasteiger partial charge in [-0.2, -0.15) is 0 Å². The Hall–Kier alpha value is -0.910. The summed E-state index contributed by atoms with van der Waals surface area (Å²) < 4.78 is 1.35. The molecule has 0 saturated heterocycles. The van der Waals surface area contributed by atoms with Crippen LogP contribution in [0.3, 0.4) is 0 Å². The van der Waals surface area contributed by atoms with Crippen molar-refractivity contribution < 1.29 is 4.79 Å². The summed E-state index contributed by atoms with van der Waals surface area (Å²) in [5.41, 5.74) is 1.20. The molecule has 0 bridgehead atoms. The number of hydrogen-bond acceptors (Lipinski definition) is 2. The Balaban J connectivity index is 2.18. The predicted molar refractivity (Wildman–Crippen MR) is 79.0 cm³/mol. The van der Waals surface area contributed by atoms with E-state index in [0.29, 0.717) is 20.9 Å². The van der Waals surface area contributed by atoms with Crippen LogP contribution >= 0.6 is 43.5 Å². The smallest absolute Gasteiger partial charge is 0.255 e. The Kier molecular flexibility index (Phi) is 4.37. The van der Waals surface area contributed by atoms with E-state index in [0.717, 1.165) is 4.47 Å². The summed E-state index contributed by atoms with van der Waals surface area (Å²) in [5, 5.41) is 3.37. The van der Waals surface area contributed by atoms with Gasteiger partial charge in [0.15, 0.2) is 0 Å². The molecule has 1 aromatic carbocycles. The third-order valence-electron chi connectivity index (χ3n) is 2.17. The normalized spacial score (nSPS) is 10.2. The number of rotatable bonds is 2. The van der Waals surface area contributed by atoms with Gasteiger partial charge in [-0.3, -0.25) is 4.79 Å². The third-order valence-corrected chi connectivity index (χ3v) is 3.81. The predicted octanol–water partition coefficient (Wildman–Crippen LogP) is 4.51. The molecule has 0 atom stereocenters. The fourth-order valence-corrected chi connectivity index (χ4v) is 2.18. The number of hydrogen-bond donors (Lipinski definition) is 1. The van der Waals surface area contributed by atoms with Gasteiger partial charge in [0.1, 0.15) is 4.60 Å². The molecule has 0 unspecified atom stereocenters. The van der Waals surface area contributed by atoms with Crippen LogP contribution in [0.15, 0.2) is 45.6 Å². The zero-order chi connectivity index (χ0) is 13.1. The number of anilines is 1. The molecule has 0 aliphatic heterocycles.